The van der Waals surface area contributed by atoms with Crippen LogP contribution in [0.15, 0.2) is 42.2 Å². The Balaban J connectivity index is 1.70. The molecule has 0 saturated heterocycles. The van der Waals surface area contributed by atoms with Gasteiger partial charge in [-0.05, 0) is 30.0 Å². The molecule has 164 valence electrons. The molecule has 1 aromatic carbocycles. The number of rotatable bonds is 11. The summed E-state index contributed by atoms with van der Waals surface area (Å²) in [6.07, 6.45) is 7.14. The first kappa shape index (κ1) is 22.6. The summed E-state index contributed by atoms with van der Waals surface area (Å²) in [5.41, 5.74) is 10.3. The van der Waals surface area contributed by atoms with Gasteiger partial charge in [0, 0.05) is 20.0 Å². The lowest BCUT2D eigenvalue weighted by Gasteiger charge is -2.16. The standard InChI is InChI=1S/C22H28N6O2S/c1-24-20(29)9-4-2-3-8-17(28-22(30)19-13-25-14-31-19)21-26-12-18(27-21)16-7-5-6-15(10-16)11-23/h5-7,10,12-14,17H,2-4,8-9,11,23H2,1H3,(H,24,29)(H,26,27)(H,28,30)/t17-/m0/s1. The van der Waals surface area contributed by atoms with Gasteiger partial charge in [0.25, 0.3) is 5.91 Å². The van der Waals surface area contributed by atoms with Gasteiger partial charge in [0.05, 0.1) is 29.6 Å². The van der Waals surface area contributed by atoms with E-state index in [2.05, 4.69) is 25.6 Å². The van der Waals surface area contributed by atoms with Crippen LogP contribution in [0.2, 0.25) is 0 Å². The number of H-pyrrole nitrogens is 1. The molecule has 9 heteroatoms. The van der Waals surface area contributed by atoms with E-state index in [0.717, 1.165) is 36.1 Å². The van der Waals surface area contributed by atoms with Gasteiger partial charge in [-0.25, -0.2) is 4.98 Å². The maximum absolute atomic E-state index is 12.6. The molecule has 0 aliphatic heterocycles. The molecule has 0 unspecified atom stereocenters. The lowest BCUT2D eigenvalue weighted by molar-refractivity contribution is -0.120. The number of carbonyl (C=O) groups is 2. The van der Waals surface area contributed by atoms with E-state index in [1.165, 1.54) is 11.3 Å². The Morgan fingerprint density at radius 1 is 1.23 bits per heavy atom. The van der Waals surface area contributed by atoms with E-state index in [1.807, 2.05) is 24.3 Å². The Morgan fingerprint density at radius 2 is 2.10 bits per heavy atom. The smallest absolute Gasteiger partial charge is 0.263 e. The number of unbranched alkanes of at least 4 members (excludes halogenated alkanes) is 2. The van der Waals surface area contributed by atoms with Crippen molar-refractivity contribution in [1.29, 1.82) is 0 Å². The lowest BCUT2D eigenvalue weighted by atomic mass is 10.1. The zero-order valence-corrected chi connectivity index (χ0v) is 18.4. The van der Waals surface area contributed by atoms with Gasteiger partial charge in [-0.3, -0.25) is 14.6 Å². The topological polar surface area (TPSA) is 126 Å². The van der Waals surface area contributed by atoms with Crippen LogP contribution in [-0.2, 0) is 11.3 Å². The van der Waals surface area contributed by atoms with Crippen LogP contribution in [0.5, 0.6) is 0 Å². The van der Waals surface area contributed by atoms with Gasteiger partial charge in [-0.15, -0.1) is 11.3 Å². The van der Waals surface area contributed by atoms with Crippen LogP contribution in [-0.4, -0.2) is 33.8 Å². The zero-order chi connectivity index (χ0) is 22.1. The fourth-order valence-corrected chi connectivity index (χ4v) is 3.82. The number of benzene rings is 1. The maximum Gasteiger partial charge on any atom is 0.263 e. The Bertz CT molecular complexity index is 986. The number of aromatic amines is 1. The number of hydrogen-bond donors (Lipinski definition) is 4. The zero-order valence-electron chi connectivity index (χ0n) is 17.6. The Morgan fingerprint density at radius 3 is 2.84 bits per heavy atom. The van der Waals surface area contributed by atoms with Gasteiger partial charge in [0.1, 0.15) is 10.7 Å². The molecule has 0 saturated carbocycles. The Hall–Kier alpha value is -3.04. The van der Waals surface area contributed by atoms with E-state index in [4.69, 9.17) is 5.73 Å². The highest BCUT2D eigenvalue weighted by molar-refractivity contribution is 7.11. The summed E-state index contributed by atoms with van der Waals surface area (Å²) in [5.74, 6) is 0.587. The highest BCUT2D eigenvalue weighted by atomic mass is 32.1. The van der Waals surface area contributed by atoms with Crippen molar-refractivity contribution in [3.63, 3.8) is 0 Å². The van der Waals surface area contributed by atoms with E-state index in [0.29, 0.717) is 30.1 Å². The predicted molar refractivity (Wildman–Crippen MR) is 121 cm³/mol. The molecule has 3 aromatic rings. The molecule has 0 spiro atoms. The largest absolute Gasteiger partial charge is 0.359 e. The van der Waals surface area contributed by atoms with Crippen molar-refractivity contribution in [2.45, 2.75) is 44.7 Å². The summed E-state index contributed by atoms with van der Waals surface area (Å²) in [5, 5.41) is 5.71. The Labute approximate surface area is 185 Å². The number of carbonyl (C=O) groups excluding carboxylic acids is 2. The molecule has 31 heavy (non-hydrogen) atoms. The molecule has 8 nitrogen and oxygen atoms in total. The monoisotopic (exact) mass is 440 g/mol. The highest BCUT2D eigenvalue weighted by Crippen LogP contribution is 2.24. The van der Waals surface area contributed by atoms with Crippen LogP contribution in [0.3, 0.4) is 0 Å². The number of amides is 2. The van der Waals surface area contributed by atoms with Crippen LogP contribution >= 0.6 is 11.3 Å². The van der Waals surface area contributed by atoms with E-state index < -0.39 is 0 Å². The molecular weight excluding hydrogens is 412 g/mol. The second-order valence-electron chi connectivity index (χ2n) is 7.25. The molecule has 0 bridgehead atoms. The van der Waals surface area contributed by atoms with Crippen LogP contribution in [0.4, 0.5) is 0 Å². The molecule has 2 aromatic heterocycles. The number of nitrogens with two attached hydrogens (primary N) is 1. The number of nitrogens with zero attached hydrogens (tertiary/aromatic N) is 2. The van der Waals surface area contributed by atoms with Gasteiger partial charge < -0.3 is 21.4 Å². The van der Waals surface area contributed by atoms with Crippen LogP contribution in [0.1, 0.15) is 59.2 Å². The maximum atomic E-state index is 12.6. The van der Waals surface area contributed by atoms with E-state index in [1.54, 1.807) is 25.0 Å². The van der Waals surface area contributed by atoms with E-state index >= 15 is 0 Å². The van der Waals surface area contributed by atoms with Gasteiger partial charge in [0.15, 0.2) is 0 Å². The minimum absolute atomic E-state index is 0.0467. The minimum atomic E-state index is -0.263. The van der Waals surface area contributed by atoms with Gasteiger partial charge in [-0.1, -0.05) is 31.0 Å². The molecule has 1 atom stereocenters. The highest BCUT2D eigenvalue weighted by Gasteiger charge is 2.20. The van der Waals surface area contributed by atoms with Gasteiger partial charge >= 0.3 is 0 Å². The fraction of sp³-hybridized carbons (Fsp3) is 0.364. The Kier molecular flexibility index (Phi) is 8.31. The second-order valence-corrected chi connectivity index (χ2v) is 8.14. The van der Waals surface area contributed by atoms with Crippen LogP contribution in [0.25, 0.3) is 11.3 Å². The second kappa shape index (κ2) is 11.4. The van der Waals surface area contributed by atoms with Gasteiger partial charge in [-0.2, -0.15) is 0 Å². The summed E-state index contributed by atoms with van der Waals surface area (Å²) >= 11 is 1.30. The third-order valence-electron chi connectivity index (χ3n) is 5.04. The molecular formula is C22H28N6O2S. The average molecular weight is 441 g/mol. The third-order valence-corrected chi connectivity index (χ3v) is 5.81. The summed E-state index contributed by atoms with van der Waals surface area (Å²) in [7, 11) is 1.64. The summed E-state index contributed by atoms with van der Waals surface area (Å²) in [4.78, 5) is 36.5. The first-order valence-electron chi connectivity index (χ1n) is 10.3. The van der Waals surface area contributed by atoms with Crippen LogP contribution in [0, 0.1) is 0 Å². The van der Waals surface area contributed by atoms with E-state index in [-0.39, 0.29) is 17.9 Å². The van der Waals surface area contributed by atoms with Crippen molar-refractivity contribution in [3.05, 3.63) is 58.4 Å². The molecule has 0 aliphatic rings. The van der Waals surface area contributed by atoms with Crippen molar-refractivity contribution < 1.29 is 9.59 Å². The third kappa shape index (κ3) is 6.47. The predicted octanol–water partition coefficient (Wildman–Crippen LogP) is 3.16. The molecule has 2 amide bonds. The average Bonchev–Trinajstić information content (AvgIpc) is 3.50. The fourth-order valence-electron chi connectivity index (χ4n) is 3.30. The lowest BCUT2D eigenvalue weighted by Crippen LogP contribution is -2.28. The van der Waals surface area contributed by atoms with Crippen molar-refractivity contribution >= 4 is 23.2 Å². The molecule has 0 radical (unpaired) electrons. The molecule has 0 aliphatic carbocycles. The van der Waals surface area contributed by atoms with Crippen molar-refractivity contribution in [2.24, 2.45) is 5.73 Å². The van der Waals surface area contributed by atoms with E-state index in [9.17, 15) is 9.59 Å². The molecule has 3 rings (SSSR count). The van der Waals surface area contributed by atoms with Crippen molar-refractivity contribution in [1.82, 2.24) is 25.6 Å². The molecule has 5 N–H and O–H groups in total. The van der Waals surface area contributed by atoms with Crippen LogP contribution < -0.4 is 16.4 Å². The van der Waals surface area contributed by atoms with Crippen molar-refractivity contribution in [3.8, 4) is 11.3 Å². The summed E-state index contributed by atoms with van der Waals surface area (Å²) in [6, 6.07) is 7.72. The van der Waals surface area contributed by atoms with Gasteiger partial charge in [0.2, 0.25) is 5.91 Å². The minimum Gasteiger partial charge on any atom is -0.359 e. The number of thiazole rings is 1. The van der Waals surface area contributed by atoms with Crippen molar-refractivity contribution in [2.75, 3.05) is 7.05 Å². The molecule has 0 fully saturated rings. The quantitative estimate of drug-likeness (QED) is 0.341. The number of imidazole rings is 1. The number of aromatic nitrogens is 3. The number of nitrogens with one attached hydrogen (secondary N) is 3. The summed E-state index contributed by atoms with van der Waals surface area (Å²) < 4.78 is 0. The normalized spacial score (nSPS) is 11.8. The molecule has 2 heterocycles. The first-order valence-corrected chi connectivity index (χ1v) is 11.2. The summed E-state index contributed by atoms with van der Waals surface area (Å²) in [6.45, 7) is 0.471. The SMILES string of the molecule is CNC(=O)CCCCC[C@H](NC(=O)c1cncs1)c1ncc(-c2cccc(CN)c2)[nH]1. The number of hydrogen-bond acceptors (Lipinski definition) is 6. The first-order chi connectivity index (χ1) is 15.1.